The van der Waals surface area contributed by atoms with Gasteiger partial charge in [-0.05, 0) is 54.7 Å². The third-order valence-electron chi connectivity index (χ3n) is 4.07. The molecule has 144 valence electrons. The first kappa shape index (κ1) is 20.5. The van der Waals surface area contributed by atoms with Crippen LogP contribution in [0.15, 0.2) is 42.5 Å². The average molecular weight is 369 g/mol. The molecule has 0 atom stereocenters. The standard InChI is InChI=1S/C22H27NO4/c1-6-26-21(25)16-11-12-18(15(2)13-16)23-20(24)14-27-19-10-8-7-9-17(19)22(3,4)5/h7-13H,6,14H2,1-5H3,(H,23,24). The molecule has 2 rings (SSSR count). The fourth-order valence-electron chi connectivity index (χ4n) is 2.69. The average Bonchev–Trinajstić information content (AvgIpc) is 2.61. The Morgan fingerprint density at radius 2 is 1.78 bits per heavy atom. The first-order chi connectivity index (χ1) is 12.7. The summed E-state index contributed by atoms with van der Waals surface area (Å²) in [6, 6.07) is 12.8. The van der Waals surface area contributed by atoms with E-state index in [1.807, 2.05) is 31.2 Å². The highest BCUT2D eigenvalue weighted by Crippen LogP contribution is 2.30. The Morgan fingerprint density at radius 3 is 2.41 bits per heavy atom. The van der Waals surface area contributed by atoms with Crippen molar-refractivity contribution < 1.29 is 19.1 Å². The number of para-hydroxylation sites is 1. The van der Waals surface area contributed by atoms with E-state index in [1.54, 1.807) is 25.1 Å². The van der Waals surface area contributed by atoms with Crippen LogP contribution in [0.4, 0.5) is 5.69 Å². The van der Waals surface area contributed by atoms with E-state index in [0.29, 0.717) is 23.6 Å². The first-order valence-corrected chi connectivity index (χ1v) is 9.02. The Morgan fingerprint density at radius 1 is 1.07 bits per heavy atom. The Balaban J connectivity index is 2.02. The summed E-state index contributed by atoms with van der Waals surface area (Å²) >= 11 is 0. The molecule has 0 bridgehead atoms. The quantitative estimate of drug-likeness (QED) is 0.762. The predicted octanol–water partition coefficient (Wildman–Crippen LogP) is 4.49. The number of carbonyl (C=O) groups excluding carboxylic acids is 2. The van der Waals surface area contributed by atoms with Crippen molar-refractivity contribution in [1.29, 1.82) is 0 Å². The highest BCUT2D eigenvalue weighted by atomic mass is 16.5. The number of carbonyl (C=O) groups is 2. The van der Waals surface area contributed by atoms with Gasteiger partial charge in [-0.25, -0.2) is 4.79 Å². The number of rotatable bonds is 6. The molecule has 2 aromatic carbocycles. The van der Waals surface area contributed by atoms with Gasteiger partial charge in [-0.2, -0.15) is 0 Å². The Hall–Kier alpha value is -2.82. The second kappa shape index (κ2) is 8.71. The van der Waals surface area contributed by atoms with E-state index >= 15 is 0 Å². The van der Waals surface area contributed by atoms with Crippen LogP contribution in [0.5, 0.6) is 5.75 Å². The van der Waals surface area contributed by atoms with Crippen LogP contribution >= 0.6 is 0 Å². The molecule has 1 N–H and O–H groups in total. The maximum Gasteiger partial charge on any atom is 0.338 e. The van der Waals surface area contributed by atoms with Crippen molar-refractivity contribution in [2.24, 2.45) is 0 Å². The zero-order valence-corrected chi connectivity index (χ0v) is 16.6. The predicted molar refractivity (Wildman–Crippen MR) is 106 cm³/mol. The third-order valence-corrected chi connectivity index (χ3v) is 4.07. The second-order valence-corrected chi connectivity index (χ2v) is 7.33. The van der Waals surface area contributed by atoms with E-state index in [0.717, 1.165) is 11.1 Å². The van der Waals surface area contributed by atoms with Gasteiger partial charge in [-0.1, -0.05) is 39.0 Å². The van der Waals surface area contributed by atoms with E-state index in [2.05, 4.69) is 26.1 Å². The molecular formula is C22H27NO4. The van der Waals surface area contributed by atoms with E-state index in [1.165, 1.54) is 0 Å². The summed E-state index contributed by atoms with van der Waals surface area (Å²) < 4.78 is 10.7. The summed E-state index contributed by atoms with van der Waals surface area (Å²) in [5.74, 6) is 0.0702. The third kappa shape index (κ3) is 5.58. The van der Waals surface area contributed by atoms with E-state index in [4.69, 9.17) is 9.47 Å². The van der Waals surface area contributed by atoms with Crippen LogP contribution in [0.2, 0.25) is 0 Å². The van der Waals surface area contributed by atoms with Gasteiger partial charge in [0.2, 0.25) is 0 Å². The van der Waals surface area contributed by atoms with Gasteiger partial charge in [0.25, 0.3) is 5.91 Å². The van der Waals surface area contributed by atoms with Gasteiger partial charge in [-0.3, -0.25) is 4.79 Å². The second-order valence-electron chi connectivity index (χ2n) is 7.33. The normalized spacial score (nSPS) is 11.0. The molecule has 1 amide bonds. The number of hydrogen-bond acceptors (Lipinski definition) is 4. The number of ether oxygens (including phenoxy) is 2. The fraction of sp³-hybridized carbons (Fsp3) is 0.364. The van der Waals surface area contributed by atoms with Crippen LogP contribution in [0, 0.1) is 6.92 Å². The Bertz CT molecular complexity index is 821. The van der Waals surface area contributed by atoms with E-state index in [9.17, 15) is 9.59 Å². The molecule has 0 spiro atoms. The molecule has 0 aliphatic rings. The molecule has 0 saturated carbocycles. The number of benzene rings is 2. The molecule has 5 heteroatoms. The largest absolute Gasteiger partial charge is 0.483 e. The molecular weight excluding hydrogens is 342 g/mol. The number of hydrogen-bond donors (Lipinski definition) is 1. The van der Waals surface area contributed by atoms with Crippen molar-refractivity contribution in [3.63, 3.8) is 0 Å². The molecule has 0 aromatic heterocycles. The zero-order chi connectivity index (χ0) is 20.0. The lowest BCUT2D eigenvalue weighted by atomic mass is 9.86. The lowest BCUT2D eigenvalue weighted by molar-refractivity contribution is -0.118. The minimum absolute atomic E-state index is 0.0768. The van der Waals surface area contributed by atoms with Gasteiger partial charge in [0.1, 0.15) is 5.75 Å². The van der Waals surface area contributed by atoms with Crippen LogP contribution < -0.4 is 10.1 Å². The Kier molecular flexibility index (Phi) is 6.61. The zero-order valence-electron chi connectivity index (χ0n) is 16.6. The molecule has 0 heterocycles. The summed E-state index contributed by atoms with van der Waals surface area (Å²) in [6.45, 7) is 10.1. The van der Waals surface area contributed by atoms with Crippen LogP contribution in [-0.2, 0) is 14.9 Å². The van der Waals surface area contributed by atoms with Crippen molar-refractivity contribution >= 4 is 17.6 Å². The maximum atomic E-state index is 12.3. The molecule has 0 aliphatic heterocycles. The van der Waals surface area contributed by atoms with Crippen LogP contribution in [0.25, 0.3) is 0 Å². The van der Waals surface area contributed by atoms with Crippen LogP contribution in [0.1, 0.15) is 49.2 Å². The van der Waals surface area contributed by atoms with E-state index in [-0.39, 0.29) is 23.9 Å². The number of nitrogens with one attached hydrogen (secondary N) is 1. The highest BCUT2D eigenvalue weighted by molar-refractivity contribution is 5.94. The van der Waals surface area contributed by atoms with Gasteiger partial charge >= 0.3 is 5.97 Å². The smallest absolute Gasteiger partial charge is 0.338 e. The molecule has 0 aliphatic carbocycles. The molecule has 0 unspecified atom stereocenters. The molecule has 2 aromatic rings. The lowest BCUT2D eigenvalue weighted by Crippen LogP contribution is -2.22. The van der Waals surface area contributed by atoms with Crippen LogP contribution in [-0.4, -0.2) is 25.1 Å². The number of anilines is 1. The maximum absolute atomic E-state index is 12.3. The van der Waals surface area contributed by atoms with Gasteiger partial charge < -0.3 is 14.8 Å². The summed E-state index contributed by atoms with van der Waals surface area (Å²) in [5.41, 5.74) is 2.85. The molecule has 0 fully saturated rings. The summed E-state index contributed by atoms with van der Waals surface area (Å²) in [4.78, 5) is 24.1. The summed E-state index contributed by atoms with van der Waals surface area (Å²) in [6.07, 6.45) is 0. The highest BCUT2D eigenvalue weighted by Gasteiger charge is 2.19. The minimum atomic E-state index is -0.374. The molecule has 0 saturated heterocycles. The lowest BCUT2D eigenvalue weighted by Gasteiger charge is -2.22. The Labute approximate surface area is 160 Å². The van der Waals surface area contributed by atoms with Crippen LogP contribution in [0.3, 0.4) is 0 Å². The molecule has 5 nitrogen and oxygen atoms in total. The van der Waals surface area contributed by atoms with Crippen molar-refractivity contribution in [3.8, 4) is 5.75 Å². The van der Waals surface area contributed by atoms with Gasteiger partial charge in [0.05, 0.1) is 12.2 Å². The number of aryl methyl sites for hydroxylation is 1. The van der Waals surface area contributed by atoms with Gasteiger partial charge in [-0.15, -0.1) is 0 Å². The van der Waals surface area contributed by atoms with Gasteiger partial charge in [0.15, 0.2) is 6.61 Å². The SMILES string of the molecule is CCOC(=O)c1ccc(NC(=O)COc2ccccc2C(C)(C)C)c(C)c1. The van der Waals surface area contributed by atoms with Gasteiger partial charge in [0, 0.05) is 5.69 Å². The van der Waals surface area contributed by atoms with Crippen molar-refractivity contribution in [2.75, 3.05) is 18.5 Å². The fourth-order valence-corrected chi connectivity index (χ4v) is 2.69. The number of esters is 1. The molecule has 27 heavy (non-hydrogen) atoms. The van der Waals surface area contributed by atoms with Crippen molar-refractivity contribution in [1.82, 2.24) is 0 Å². The van der Waals surface area contributed by atoms with E-state index < -0.39 is 0 Å². The first-order valence-electron chi connectivity index (χ1n) is 9.02. The van der Waals surface area contributed by atoms with Crippen molar-refractivity contribution in [2.45, 2.75) is 40.0 Å². The summed E-state index contributed by atoms with van der Waals surface area (Å²) in [7, 11) is 0. The number of amides is 1. The molecule has 0 radical (unpaired) electrons. The monoisotopic (exact) mass is 369 g/mol. The topological polar surface area (TPSA) is 64.6 Å². The van der Waals surface area contributed by atoms with Crippen molar-refractivity contribution in [3.05, 3.63) is 59.2 Å². The minimum Gasteiger partial charge on any atom is -0.483 e. The summed E-state index contributed by atoms with van der Waals surface area (Å²) in [5, 5.41) is 2.82.